The molecule has 0 unspecified atom stereocenters. The zero-order valence-corrected chi connectivity index (χ0v) is 18.7. The van der Waals surface area contributed by atoms with E-state index in [9.17, 15) is 18.0 Å². The SMILES string of the molecule is CCOC(=O)C1(Cc2cccc(C(F)(F)F)c2)CCN(Cc2c(C)nn(C)c2Cl)CC1. The van der Waals surface area contributed by atoms with Crippen LogP contribution in [-0.2, 0) is 35.7 Å². The molecule has 0 bridgehead atoms. The largest absolute Gasteiger partial charge is 0.466 e. The predicted molar refractivity (Wildman–Crippen MR) is 112 cm³/mol. The van der Waals surface area contributed by atoms with Crippen LogP contribution in [0.15, 0.2) is 24.3 Å². The van der Waals surface area contributed by atoms with Crippen LogP contribution in [0.5, 0.6) is 0 Å². The lowest BCUT2D eigenvalue weighted by Gasteiger charge is -2.40. The third-order valence-electron chi connectivity index (χ3n) is 5.97. The summed E-state index contributed by atoms with van der Waals surface area (Å²) in [7, 11) is 1.79. The number of nitrogens with zero attached hydrogens (tertiary/aromatic N) is 3. The molecule has 1 aromatic carbocycles. The molecule has 31 heavy (non-hydrogen) atoms. The second-order valence-electron chi connectivity index (χ2n) is 8.13. The molecule has 1 saturated heterocycles. The number of carbonyl (C=O) groups excluding carboxylic acids is 1. The second-order valence-corrected chi connectivity index (χ2v) is 8.49. The van der Waals surface area contributed by atoms with Crippen LogP contribution in [0.1, 0.15) is 42.1 Å². The van der Waals surface area contributed by atoms with Gasteiger partial charge in [-0.3, -0.25) is 14.4 Å². The fourth-order valence-corrected chi connectivity index (χ4v) is 4.44. The van der Waals surface area contributed by atoms with E-state index < -0.39 is 17.2 Å². The maximum atomic E-state index is 13.1. The molecule has 1 fully saturated rings. The molecule has 2 aromatic rings. The van der Waals surface area contributed by atoms with Gasteiger partial charge < -0.3 is 4.74 Å². The first-order chi connectivity index (χ1) is 14.6. The van der Waals surface area contributed by atoms with Gasteiger partial charge in [-0.15, -0.1) is 0 Å². The van der Waals surface area contributed by atoms with Gasteiger partial charge in [0.2, 0.25) is 0 Å². The summed E-state index contributed by atoms with van der Waals surface area (Å²) in [4.78, 5) is 15.1. The maximum Gasteiger partial charge on any atom is 0.416 e. The Balaban J connectivity index is 1.77. The monoisotopic (exact) mass is 457 g/mol. The highest BCUT2D eigenvalue weighted by molar-refractivity contribution is 6.30. The summed E-state index contributed by atoms with van der Waals surface area (Å²) >= 11 is 6.35. The Morgan fingerprint density at radius 3 is 2.52 bits per heavy atom. The van der Waals surface area contributed by atoms with E-state index in [0.29, 0.717) is 43.2 Å². The normalized spacial score (nSPS) is 17.0. The number of rotatable bonds is 6. The van der Waals surface area contributed by atoms with Crippen molar-refractivity contribution < 1.29 is 22.7 Å². The molecule has 0 saturated carbocycles. The van der Waals surface area contributed by atoms with Crippen LogP contribution < -0.4 is 0 Å². The molecule has 1 aromatic heterocycles. The average Bonchev–Trinajstić information content (AvgIpc) is 2.95. The number of carbonyl (C=O) groups is 1. The Morgan fingerprint density at radius 1 is 1.29 bits per heavy atom. The Labute approximate surface area is 185 Å². The molecule has 0 N–H and O–H groups in total. The van der Waals surface area contributed by atoms with Crippen molar-refractivity contribution in [1.29, 1.82) is 0 Å². The van der Waals surface area contributed by atoms with E-state index in [1.54, 1.807) is 24.7 Å². The van der Waals surface area contributed by atoms with Crippen LogP contribution in [-0.4, -0.2) is 40.3 Å². The van der Waals surface area contributed by atoms with E-state index in [1.165, 1.54) is 6.07 Å². The van der Waals surface area contributed by atoms with Crippen molar-refractivity contribution in [2.75, 3.05) is 19.7 Å². The molecule has 170 valence electrons. The van der Waals surface area contributed by atoms with Gasteiger partial charge in [-0.2, -0.15) is 18.3 Å². The number of aromatic nitrogens is 2. The second kappa shape index (κ2) is 9.20. The minimum atomic E-state index is -4.42. The van der Waals surface area contributed by atoms with E-state index in [-0.39, 0.29) is 19.0 Å². The highest BCUT2D eigenvalue weighted by atomic mass is 35.5. The molecule has 1 aliphatic heterocycles. The van der Waals surface area contributed by atoms with Gasteiger partial charge in [-0.25, -0.2) is 0 Å². The van der Waals surface area contributed by atoms with Crippen molar-refractivity contribution >= 4 is 17.6 Å². The summed E-state index contributed by atoms with van der Waals surface area (Å²) in [6, 6.07) is 5.20. The van der Waals surface area contributed by atoms with Gasteiger partial charge in [0.25, 0.3) is 0 Å². The fourth-order valence-electron chi connectivity index (χ4n) is 4.20. The summed E-state index contributed by atoms with van der Waals surface area (Å²) < 4.78 is 46.4. The number of piperidine rings is 1. The molecule has 0 radical (unpaired) electrons. The lowest BCUT2D eigenvalue weighted by molar-refractivity contribution is -0.158. The molecule has 9 heteroatoms. The molecule has 3 rings (SSSR count). The zero-order chi connectivity index (χ0) is 22.8. The number of alkyl halides is 3. The summed E-state index contributed by atoms with van der Waals surface area (Å²) in [5.41, 5.74) is 0.750. The number of ether oxygens (including phenoxy) is 1. The van der Waals surface area contributed by atoms with Gasteiger partial charge in [0.15, 0.2) is 0 Å². The van der Waals surface area contributed by atoms with Gasteiger partial charge in [-0.1, -0.05) is 29.8 Å². The Hall–Kier alpha value is -2.06. The molecule has 0 atom stereocenters. The number of benzene rings is 1. The molecule has 0 amide bonds. The summed E-state index contributed by atoms with van der Waals surface area (Å²) in [5, 5.41) is 4.92. The molecule has 5 nitrogen and oxygen atoms in total. The number of likely N-dealkylation sites (tertiary alicyclic amines) is 1. The first kappa shape index (κ1) is 23.6. The zero-order valence-electron chi connectivity index (χ0n) is 17.9. The highest BCUT2D eigenvalue weighted by Crippen LogP contribution is 2.39. The van der Waals surface area contributed by atoms with Crippen LogP contribution in [0, 0.1) is 12.3 Å². The molecule has 2 heterocycles. The van der Waals surface area contributed by atoms with Gasteiger partial charge in [0.1, 0.15) is 5.15 Å². The summed E-state index contributed by atoms with van der Waals surface area (Å²) in [5.74, 6) is -0.345. The van der Waals surface area contributed by atoms with Crippen molar-refractivity contribution in [3.05, 3.63) is 51.8 Å². The lowest BCUT2D eigenvalue weighted by atomic mass is 9.73. The average molecular weight is 458 g/mol. The molecular weight excluding hydrogens is 431 g/mol. The van der Waals surface area contributed by atoms with Crippen LogP contribution in [0.25, 0.3) is 0 Å². The smallest absolute Gasteiger partial charge is 0.416 e. The van der Waals surface area contributed by atoms with Gasteiger partial charge in [-0.05, 0) is 57.8 Å². The Bertz CT molecular complexity index is 935. The number of esters is 1. The van der Waals surface area contributed by atoms with Gasteiger partial charge in [0.05, 0.1) is 23.3 Å². The van der Waals surface area contributed by atoms with Crippen molar-refractivity contribution in [3.8, 4) is 0 Å². The first-order valence-electron chi connectivity index (χ1n) is 10.3. The van der Waals surface area contributed by atoms with Gasteiger partial charge in [0, 0.05) is 19.2 Å². The number of halogens is 4. The van der Waals surface area contributed by atoms with Crippen LogP contribution >= 0.6 is 11.6 Å². The van der Waals surface area contributed by atoms with E-state index in [1.807, 2.05) is 6.92 Å². The minimum absolute atomic E-state index is 0.219. The van der Waals surface area contributed by atoms with Crippen molar-refractivity contribution in [3.63, 3.8) is 0 Å². The standard InChI is InChI=1S/C22H27ClF3N3O2/c1-4-31-20(30)21(13-16-6-5-7-17(12-16)22(24,25)26)8-10-29(11-9-21)14-18-15(2)27-28(3)19(18)23/h5-7,12H,4,8-11,13-14H2,1-3H3. The highest BCUT2D eigenvalue weighted by Gasteiger charge is 2.43. The van der Waals surface area contributed by atoms with Crippen molar-refractivity contribution in [2.45, 2.75) is 45.8 Å². The minimum Gasteiger partial charge on any atom is -0.466 e. The number of hydrogen-bond donors (Lipinski definition) is 0. The topological polar surface area (TPSA) is 47.4 Å². The molecule has 0 spiro atoms. The first-order valence-corrected chi connectivity index (χ1v) is 10.7. The maximum absolute atomic E-state index is 13.1. The lowest BCUT2D eigenvalue weighted by Crippen LogP contribution is -2.46. The summed E-state index contributed by atoms with van der Waals surface area (Å²) in [6.07, 6.45) is -3.20. The number of aryl methyl sites for hydroxylation is 2. The fraction of sp³-hybridized carbons (Fsp3) is 0.545. The quantitative estimate of drug-likeness (QED) is 0.585. The molecule has 0 aliphatic carbocycles. The predicted octanol–water partition coefficient (Wildman–Crippen LogP) is 4.79. The van der Waals surface area contributed by atoms with Crippen LogP contribution in [0.4, 0.5) is 13.2 Å². The van der Waals surface area contributed by atoms with E-state index in [0.717, 1.165) is 23.4 Å². The van der Waals surface area contributed by atoms with Crippen LogP contribution in [0.2, 0.25) is 5.15 Å². The van der Waals surface area contributed by atoms with E-state index in [4.69, 9.17) is 16.3 Å². The molecular formula is C22H27ClF3N3O2. The van der Waals surface area contributed by atoms with E-state index >= 15 is 0 Å². The van der Waals surface area contributed by atoms with Crippen LogP contribution in [0.3, 0.4) is 0 Å². The Morgan fingerprint density at radius 2 is 1.97 bits per heavy atom. The third-order valence-corrected chi connectivity index (χ3v) is 6.44. The van der Waals surface area contributed by atoms with Crippen molar-refractivity contribution in [1.82, 2.24) is 14.7 Å². The number of hydrogen-bond acceptors (Lipinski definition) is 4. The molecule has 1 aliphatic rings. The Kier molecular flexibility index (Phi) is 7.01. The van der Waals surface area contributed by atoms with E-state index in [2.05, 4.69) is 10.00 Å². The summed E-state index contributed by atoms with van der Waals surface area (Å²) in [6.45, 7) is 5.71. The third kappa shape index (κ3) is 5.23. The van der Waals surface area contributed by atoms with Gasteiger partial charge >= 0.3 is 12.1 Å². The van der Waals surface area contributed by atoms with Crippen molar-refractivity contribution in [2.24, 2.45) is 12.5 Å².